The van der Waals surface area contributed by atoms with Crippen molar-refractivity contribution in [1.82, 2.24) is 0 Å². The Morgan fingerprint density at radius 3 is 1.03 bits per heavy atom. The van der Waals surface area contributed by atoms with Gasteiger partial charge < -0.3 is 0 Å². The molecule has 7 aromatic rings. The van der Waals surface area contributed by atoms with Crippen LogP contribution in [-0.4, -0.2) is 16.9 Å². The minimum atomic E-state index is -7.22. The van der Waals surface area contributed by atoms with Crippen LogP contribution in [0, 0.1) is 126 Å². The number of aromatic nitrogens is 1. The number of hydrogen-bond acceptors (Lipinski definition) is 3. The Kier molecular flexibility index (Phi) is 13.7. The fraction of sp³-hybridized carbons (Fsp3) is 0.0476. The van der Waals surface area contributed by atoms with Gasteiger partial charge in [-0.2, -0.15) is 4.57 Å². The summed E-state index contributed by atoms with van der Waals surface area (Å²) in [6.45, 7) is -0.235. The van der Waals surface area contributed by atoms with E-state index in [1.165, 1.54) is 0 Å². The van der Waals surface area contributed by atoms with Gasteiger partial charge in [0, 0.05) is 28.0 Å². The number of carbonyl (C=O) groups is 1. The predicted octanol–water partition coefficient (Wildman–Crippen LogP) is 8.63. The second kappa shape index (κ2) is 18.6. The van der Waals surface area contributed by atoms with Gasteiger partial charge in [-0.3, -0.25) is 14.9 Å². The Labute approximate surface area is 364 Å². The highest BCUT2D eigenvalue weighted by atomic mass is 19.2. The first-order valence-electron chi connectivity index (χ1n) is 18.2. The number of hydrogen-bond donors (Lipinski definition) is 0. The molecule has 0 spiro atoms. The minimum absolute atomic E-state index is 0.0726. The molecule has 0 N–H and O–H groups in total. The molecule has 5 nitrogen and oxygen atoms in total. The molecule has 0 saturated heterocycles. The van der Waals surface area contributed by atoms with Crippen molar-refractivity contribution in [1.29, 1.82) is 0 Å². The molecule has 0 aliphatic rings. The van der Waals surface area contributed by atoms with E-state index in [-0.39, 0.29) is 23.8 Å². The van der Waals surface area contributed by atoms with E-state index >= 15 is 35.1 Å². The molecule has 0 bridgehead atoms. The van der Waals surface area contributed by atoms with Gasteiger partial charge in [-0.15, -0.1) is 21.9 Å². The van der Waals surface area contributed by atoms with E-state index in [1.54, 1.807) is 34.9 Å². The topological polar surface area (TPSA) is 64.1 Å². The summed E-state index contributed by atoms with van der Waals surface area (Å²) in [5.41, 5.74) is -12.4. The number of ketones is 1. The molecule has 6 aromatic carbocycles. The highest BCUT2D eigenvalue weighted by molar-refractivity contribution is 7.20. The fourth-order valence-electron chi connectivity index (χ4n) is 7.50. The molecule has 0 aliphatic carbocycles. The molecule has 7 rings (SSSR count). The Morgan fingerprint density at radius 1 is 0.412 bits per heavy atom. The molecular formula is C42H15BF20N2O3. The fourth-order valence-corrected chi connectivity index (χ4v) is 7.50. The quantitative estimate of drug-likeness (QED) is 0.0213. The van der Waals surface area contributed by atoms with E-state index in [4.69, 9.17) is 0 Å². The van der Waals surface area contributed by atoms with E-state index < -0.39 is 144 Å². The van der Waals surface area contributed by atoms with Crippen LogP contribution in [0.5, 0.6) is 0 Å². The standard InChI is InChI=1S/C24BF20.C18H15N2O3/c26-5-1(6(27)14(35)21(42)13(5)34)25(2-7(28)15(36)22(43)16(37)8(2)29,3-9(30)17(38)23(44)18(39)10(3)31)4-11(32)19(40)24(45)20(41)12(4)33;21-18(15-7-2-1-3-8-15)13-19-16(12-20(22)23)11-10-14-6-4-5-9-17(14)19/h;1-11H,12-13H2/q-1;+1. The summed E-state index contributed by atoms with van der Waals surface area (Å²) >= 11 is 0. The molecule has 0 aliphatic heterocycles. The Balaban J connectivity index is 0.000000276. The van der Waals surface area contributed by atoms with Crippen LogP contribution in [0.25, 0.3) is 10.9 Å². The minimum Gasteiger partial charge on any atom is -0.287 e. The van der Waals surface area contributed by atoms with Gasteiger partial charge in [0.05, 0.1) is 0 Å². The number of Topliss-reactive ketones (excluding diaryl/α,β-unsaturated/α-hetero) is 1. The molecule has 354 valence electrons. The number of halogens is 20. The number of rotatable bonds is 9. The molecule has 0 atom stereocenters. The average molecular weight is 986 g/mol. The number of nitro groups is 1. The number of benzene rings is 6. The van der Waals surface area contributed by atoms with Gasteiger partial charge in [-0.05, 0) is 12.1 Å². The first kappa shape index (κ1) is 49.9. The molecule has 0 saturated carbocycles. The maximum absolute atomic E-state index is 15.4. The van der Waals surface area contributed by atoms with Gasteiger partial charge in [-0.1, -0.05) is 42.5 Å². The van der Waals surface area contributed by atoms with Gasteiger partial charge in [0.15, 0.2) is 69.8 Å². The second-order valence-electron chi connectivity index (χ2n) is 14.1. The van der Waals surface area contributed by atoms with E-state index in [1.807, 2.05) is 36.4 Å². The predicted molar refractivity (Wildman–Crippen MR) is 195 cm³/mol. The van der Waals surface area contributed by atoms with Crippen LogP contribution in [0.2, 0.25) is 0 Å². The third-order valence-electron chi connectivity index (χ3n) is 10.4. The normalized spacial score (nSPS) is 11.5. The van der Waals surface area contributed by atoms with E-state index in [2.05, 4.69) is 0 Å². The SMILES string of the molecule is Fc1c(F)c(F)c([B-](c2c(F)c(F)c(F)c(F)c2F)(c2c(F)c(F)c(F)c(F)c2F)c2c(F)c(F)c(F)c(F)c2F)c(F)c1F.O=C(C[n+]1c(C[N+](=O)[O-])ccc2ccccc21)c1ccccc1. The highest BCUT2D eigenvalue weighted by Crippen LogP contribution is 2.31. The number of para-hydroxylation sites is 1. The van der Waals surface area contributed by atoms with E-state index in [0.717, 1.165) is 10.9 Å². The lowest BCUT2D eigenvalue weighted by Gasteiger charge is -2.44. The first-order valence-corrected chi connectivity index (χ1v) is 18.2. The van der Waals surface area contributed by atoms with Crippen molar-refractivity contribution in [2.75, 3.05) is 0 Å². The molecule has 1 heterocycles. The zero-order valence-corrected chi connectivity index (χ0v) is 32.5. The summed E-state index contributed by atoms with van der Waals surface area (Å²) in [6.07, 6.45) is -7.22. The Hall–Kier alpha value is -7.54. The largest absolute Gasteiger partial charge is 0.287 e. The van der Waals surface area contributed by atoms with Gasteiger partial charge in [0.25, 0.3) is 12.2 Å². The van der Waals surface area contributed by atoms with Crippen LogP contribution in [0.3, 0.4) is 0 Å². The molecule has 0 amide bonds. The highest BCUT2D eigenvalue weighted by Gasteiger charge is 2.52. The number of nitrogens with zero attached hydrogens (tertiary/aromatic N) is 2. The molecule has 0 radical (unpaired) electrons. The Morgan fingerprint density at radius 2 is 0.706 bits per heavy atom. The van der Waals surface area contributed by atoms with Crippen molar-refractivity contribution in [3.8, 4) is 0 Å². The zero-order valence-electron chi connectivity index (χ0n) is 32.5. The van der Waals surface area contributed by atoms with Crippen molar-refractivity contribution >= 4 is 44.7 Å². The van der Waals surface area contributed by atoms with Crippen molar-refractivity contribution in [2.24, 2.45) is 0 Å². The number of fused-ring (bicyclic) bond motifs is 1. The lowest BCUT2D eigenvalue weighted by Crippen LogP contribution is -2.81. The van der Waals surface area contributed by atoms with Crippen LogP contribution < -0.4 is 26.4 Å². The molecule has 0 unspecified atom stereocenters. The van der Waals surface area contributed by atoms with Crippen molar-refractivity contribution in [3.05, 3.63) is 204 Å². The maximum Gasteiger partial charge on any atom is 0.286 e. The molecular weight excluding hydrogens is 971 g/mol. The third kappa shape index (κ3) is 7.89. The van der Waals surface area contributed by atoms with Crippen molar-refractivity contribution in [2.45, 2.75) is 13.1 Å². The van der Waals surface area contributed by atoms with Crippen LogP contribution in [0.1, 0.15) is 16.1 Å². The van der Waals surface area contributed by atoms with E-state index in [0.29, 0.717) is 11.3 Å². The van der Waals surface area contributed by atoms with Gasteiger partial charge >= 0.3 is 0 Å². The van der Waals surface area contributed by atoms with Gasteiger partial charge in [-0.25, -0.2) is 87.8 Å². The van der Waals surface area contributed by atoms with E-state index in [9.17, 15) is 67.6 Å². The molecule has 68 heavy (non-hydrogen) atoms. The van der Waals surface area contributed by atoms with Crippen LogP contribution >= 0.6 is 0 Å². The lowest BCUT2D eigenvalue weighted by molar-refractivity contribution is -0.680. The summed E-state index contributed by atoms with van der Waals surface area (Å²) in [5.74, 6) is -71.5. The lowest BCUT2D eigenvalue weighted by atomic mass is 9.12. The van der Waals surface area contributed by atoms with Crippen LogP contribution in [0.4, 0.5) is 87.8 Å². The van der Waals surface area contributed by atoms with Crippen molar-refractivity contribution < 1.29 is 102 Å². The summed E-state index contributed by atoms with van der Waals surface area (Å²) in [7, 11) is 0. The first-order chi connectivity index (χ1) is 31.8. The van der Waals surface area contributed by atoms with Crippen molar-refractivity contribution in [3.63, 3.8) is 0 Å². The summed E-state index contributed by atoms with van der Waals surface area (Å²) in [5, 5.41) is 11.9. The second-order valence-corrected chi connectivity index (χ2v) is 14.1. The monoisotopic (exact) mass is 986 g/mol. The third-order valence-corrected chi connectivity index (χ3v) is 10.4. The number of pyridine rings is 1. The molecule has 0 fully saturated rings. The zero-order chi connectivity index (χ0) is 50.6. The smallest absolute Gasteiger partial charge is 0.286 e. The number of carbonyl (C=O) groups excluding carboxylic acids is 1. The molecule has 26 heteroatoms. The van der Waals surface area contributed by atoms with Gasteiger partial charge in [0.1, 0.15) is 52.7 Å². The van der Waals surface area contributed by atoms with Crippen LogP contribution in [-0.2, 0) is 13.1 Å². The van der Waals surface area contributed by atoms with Crippen LogP contribution in [0.15, 0.2) is 66.7 Å². The Bertz CT molecular complexity index is 2870. The average Bonchev–Trinajstić information content (AvgIpc) is 3.32. The maximum atomic E-state index is 15.4. The summed E-state index contributed by atoms with van der Waals surface area (Å²) in [4.78, 5) is 23.0. The summed E-state index contributed by atoms with van der Waals surface area (Å²) in [6, 6.07) is 20.1. The summed E-state index contributed by atoms with van der Waals surface area (Å²) < 4.78 is 296. The molecule has 1 aromatic heterocycles. The van der Waals surface area contributed by atoms with Gasteiger partial charge in [0.2, 0.25) is 17.8 Å².